The van der Waals surface area contributed by atoms with Crippen LogP contribution in [0.15, 0.2) is 22.7 Å². The van der Waals surface area contributed by atoms with Crippen molar-refractivity contribution in [1.29, 1.82) is 0 Å². The Bertz CT molecular complexity index is 497. The van der Waals surface area contributed by atoms with E-state index in [0.717, 1.165) is 6.42 Å². The highest BCUT2D eigenvalue weighted by Crippen LogP contribution is 2.38. The van der Waals surface area contributed by atoms with Crippen molar-refractivity contribution < 1.29 is 14.4 Å². The average molecular weight is 345 g/mol. The van der Waals surface area contributed by atoms with E-state index in [0.29, 0.717) is 11.1 Å². The monoisotopic (exact) mass is 344 g/mol. The van der Waals surface area contributed by atoms with E-state index in [1.165, 1.54) is 6.07 Å². The molecule has 1 aliphatic carbocycles. The van der Waals surface area contributed by atoms with Gasteiger partial charge < -0.3 is 14.8 Å². The first kappa shape index (κ1) is 15.2. The number of nitrogens with zero attached hydrogens (tertiary/aromatic N) is 1. The maximum Gasteiger partial charge on any atom is 0.312 e. The summed E-state index contributed by atoms with van der Waals surface area (Å²) in [5.41, 5.74) is -0.0393. The second-order valence-electron chi connectivity index (χ2n) is 4.55. The fraction of sp³-hybridized carbons (Fsp3) is 0.538. The molecule has 6 nitrogen and oxygen atoms in total. The summed E-state index contributed by atoms with van der Waals surface area (Å²) in [4.78, 5) is 10.6. The molecular formula is C13H17BrN2O4. The lowest BCUT2D eigenvalue weighted by Gasteiger charge is -2.43. The van der Waals surface area contributed by atoms with Crippen LogP contribution < -0.4 is 10.1 Å². The van der Waals surface area contributed by atoms with E-state index >= 15 is 0 Å². The van der Waals surface area contributed by atoms with E-state index in [1.807, 2.05) is 14.0 Å². The number of hydrogen-bond donors (Lipinski definition) is 1. The van der Waals surface area contributed by atoms with Crippen LogP contribution >= 0.6 is 15.9 Å². The molecule has 0 saturated heterocycles. The smallest absolute Gasteiger partial charge is 0.312 e. The minimum absolute atomic E-state index is 0.0393. The normalized spacial score (nSPS) is 25.1. The Kier molecular flexibility index (Phi) is 4.95. The Balaban J connectivity index is 2.16. The number of rotatable bonds is 6. The molecule has 0 aliphatic heterocycles. The summed E-state index contributed by atoms with van der Waals surface area (Å²) in [5.74, 6) is 0.266. The molecule has 1 fully saturated rings. The zero-order valence-corrected chi connectivity index (χ0v) is 12.9. The third-order valence-electron chi connectivity index (χ3n) is 3.39. The number of para-hydroxylation sites is 1. The number of benzene rings is 1. The predicted molar refractivity (Wildman–Crippen MR) is 78.1 cm³/mol. The fourth-order valence-corrected chi connectivity index (χ4v) is 2.75. The first-order valence-electron chi connectivity index (χ1n) is 6.46. The van der Waals surface area contributed by atoms with Crippen LogP contribution in [0.25, 0.3) is 0 Å². The molecule has 0 aromatic heterocycles. The average Bonchev–Trinajstić information content (AvgIpc) is 2.41. The summed E-state index contributed by atoms with van der Waals surface area (Å²) in [6.45, 7) is 2.50. The summed E-state index contributed by atoms with van der Waals surface area (Å²) >= 11 is 3.30. The van der Waals surface area contributed by atoms with Crippen molar-refractivity contribution in [3.63, 3.8) is 0 Å². The highest BCUT2D eigenvalue weighted by Gasteiger charge is 2.43. The molecule has 20 heavy (non-hydrogen) atoms. The van der Waals surface area contributed by atoms with Gasteiger partial charge in [-0.3, -0.25) is 10.1 Å². The number of hydrogen-bond acceptors (Lipinski definition) is 5. The third kappa shape index (κ3) is 2.94. The standard InChI is InChI=1S/C13H17BrN2O4/c1-3-19-13-9(15-2)7-11(13)20-12-8(14)5-4-6-10(12)16(17)18/h4-6,9,11,13,15H,3,7H2,1-2H3. The van der Waals surface area contributed by atoms with Gasteiger partial charge in [0.25, 0.3) is 0 Å². The van der Waals surface area contributed by atoms with Gasteiger partial charge in [0, 0.05) is 25.1 Å². The molecule has 1 aromatic carbocycles. The molecule has 1 saturated carbocycles. The number of halogens is 1. The van der Waals surface area contributed by atoms with Crippen LogP contribution in [0.5, 0.6) is 5.75 Å². The van der Waals surface area contributed by atoms with Gasteiger partial charge in [0.15, 0.2) is 0 Å². The Morgan fingerprint density at radius 2 is 2.30 bits per heavy atom. The fourth-order valence-electron chi connectivity index (χ4n) is 2.30. The van der Waals surface area contributed by atoms with Gasteiger partial charge in [0.05, 0.1) is 9.40 Å². The van der Waals surface area contributed by atoms with Gasteiger partial charge in [0.2, 0.25) is 5.75 Å². The van der Waals surface area contributed by atoms with E-state index in [2.05, 4.69) is 21.2 Å². The quantitative estimate of drug-likeness (QED) is 0.633. The highest BCUT2D eigenvalue weighted by atomic mass is 79.9. The van der Waals surface area contributed by atoms with Gasteiger partial charge in [-0.25, -0.2) is 0 Å². The largest absolute Gasteiger partial charge is 0.480 e. The molecule has 7 heteroatoms. The maximum absolute atomic E-state index is 11.1. The second kappa shape index (κ2) is 6.51. The minimum Gasteiger partial charge on any atom is -0.480 e. The summed E-state index contributed by atoms with van der Waals surface area (Å²) in [5, 5.41) is 14.2. The summed E-state index contributed by atoms with van der Waals surface area (Å²) in [6.07, 6.45) is 0.501. The lowest BCUT2D eigenvalue weighted by Crippen LogP contribution is -2.60. The van der Waals surface area contributed by atoms with E-state index in [-0.39, 0.29) is 29.7 Å². The molecule has 0 bridgehead atoms. The SMILES string of the molecule is CCOC1C(NC)CC1Oc1c(Br)cccc1[N+](=O)[O-]. The van der Waals surface area contributed by atoms with Crippen molar-refractivity contribution in [2.24, 2.45) is 0 Å². The molecular weight excluding hydrogens is 328 g/mol. The van der Waals surface area contributed by atoms with Crippen molar-refractivity contribution in [3.8, 4) is 5.75 Å². The lowest BCUT2D eigenvalue weighted by atomic mass is 9.85. The van der Waals surface area contributed by atoms with Crippen molar-refractivity contribution in [2.75, 3.05) is 13.7 Å². The Labute approximate surface area is 125 Å². The lowest BCUT2D eigenvalue weighted by molar-refractivity contribution is -0.386. The topological polar surface area (TPSA) is 73.6 Å². The van der Waals surface area contributed by atoms with Crippen LogP contribution in [0.1, 0.15) is 13.3 Å². The molecule has 0 spiro atoms. The molecule has 1 aromatic rings. The Morgan fingerprint density at radius 3 is 2.90 bits per heavy atom. The van der Waals surface area contributed by atoms with Gasteiger partial charge in [-0.15, -0.1) is 0 Å². The molecule has 3 atom stereocenters. The van der Waals surface area contributed by atoms with E-state index in [4.69, 9.17) is 9.47 Å². The first-order valence-corrected chi connectivity index (χ1v) is 7.26. The van der Waals surface area contributed by atoms with E-state index in [9.17, 15) is 10.1 Å². The maximum atomic E-state index is 11.1. The van der Waals surface area contributed by atoms with Crippen LogP contribution in [0.4, 0.5) is 5.69 Å². The molecule has 2 rings (SSSR count). The molecule has 0 amide bonds. The second-order valence-corrected chi connectivity index (χ2v) is 5.41. The summed E-state index contributed by atoms with van der Waals surface area (Å²) < 4.78 is 12.0. The Hall–Kier alpha value is -1.18. The van der Waals surface area contributed by atoms with Gasteiger partial charge in [-0.05, 0) is 36.0 Å². The van der Waals surface area contributed by atoms with Crippen molar-refractivity contribution in [2.45, 2.75) is 31.6 Å². The van der Waals surface area contributed by atoms with Crippen molar-refractivity contribution in [1.82, 2.24) is 5.32 Å². The molecule has 0 radical (unpaired) electrons. The van der Waals surface area contributed by atoms with Gasteiger partial charge in [-0.1, -0.05) is 6.07 Å². The summed E-state index contributed by atoms with van der Waals surface area (Å²) in [7, 11) is 1.87. The predicted octanol–water partition coefficient (Wildman–Crippen LogP) is 2.50. The molecule has 0 heterocycles. The van der Waals surface area contributed by atoms with E-state index < -0.39 is 4.92 Å². The minimum atomic E-state index is -0.440. The Morgan fingerprint density at radius 1 is 1.55 bits per heavy atom. The number of likely N-dealkylation sites (N-methyl/N-ethyl adjacent to an activating group) is 1. The van der Waals surface area contributed by atoms with Crippen LogP contribution in [0.3, 0.4) is 0 Å². The number of nitro groups is 1. The number of nitro benzene ring substituents is 1. The van der Waals surface area contributed by atoms with Crippen molar-refractivity contribution >= 4 is 21.6 Å². The number of nitrogens with one attached hydrogen (secondary N) is 1. The van der Waals surface area contributed by atoms with Gasteiger partial charge in [0.1, 0.15) is 12.2 Å². The van der Waals surface area contributed by atoms with Crippen LogP contribution in [-0.2, 0) is 4.74 Å². The number of ether oxygens (including phenoxy) is 2. The van der Waals surface area contributed by atoms with Gasteiger partial charge in [-0.2, -0.15) is 0 Å². The van der Waals surface area contributed by atoms with Crippen LogP contribution in [-0.4, -0.2) is 36.8 Å². The first-order chi connectivity index (χ1) is 9.58. The van der Waals surface area contributed by atoms with Crippen LogP contribution in [0, 0.1) is 10.1 Å². The molecule has 110 valence electrons. The molecule has 1 N–H and O–H groups in total. The zero-order valence-electron chi connectivity index (χ0n) is 11.3. The van der Waals surface area contributed by atoms with Crippen LogP contribution in [0.2, 0.25) is 0 Å². The van der Waals surface area contributed by atoms with E-state index in [1.54, 1.807) is 12.1 Å². The third-order valence-corrected chi connectivity index (χ3v) is 4.02. The van der Waals surface area contributed by atoms with Crippen molar-refractivity contribution in [3.05, 3.63) is 32.8 Å². The molecule has 1 aliphatic rings. The summed E-state index contributed by atoms with van der Waals surface area (Å²) in [6, 6.07) is 5.00. The highest BCUT2D eigenvalue weighted by molar-refractivity contribution is 9.10. The molecule has 3 unspecified atom stereocenters. The zero-order chi connectivity index (χ0) is 14.7. The van der Waals surface area contributed by atoms with Gasteiger partial charge >= 0.3 is 5.69 Å².